The maximum Gasteiger partial charge on any atom is 0.255 e. The van der Waals surface area contributed by atoms with Gasteiger partial charge in [-0.3, -0.25) is 9.36 Å². The molecule has 0 aliphatic heterocycles. The number of carbonyl (C=O) groups is 1. The highest BCUT2D eigenvalue weighted by Gasteiger charge is 2.13. The average Bonchev–Trinajstić information content (AvgIpc) is 3.01. The Labute approximate surface area is 145 Å². The number of para-hydroxylation sites is 2. The van der Waals surface area contributed by atoms with Crippen molar-refractivity contribution in [1.29, 1.82) is 0 Å². The number of allylic oxidation sites excluding steroid dienone is 1. The molecule has 3 heteroatoms. The van der Waals surface area contributed by atoms with Gasteiger partial charge >= 0.3 is 0 Å². The summed E-state index contributed by atoms with van der Waals surface area (Å²) in [6.45, 7) is 0. The second kappa shape index (κ2) is 6.29. The van der Waals surface area contributed by atoms with Gasteiger partial charge < -0.3 is 4.74 Å². The molecule has 0 radical (unpaired) electrons. The van der Waals surface area contributed by atoms with Gasteiger partial charge in [-0.1, -0.05) is 48.5 Å². The summed E-state index contributed by atoms with van der Waals surface area (Å²) in [5, 5.41) is 2.17. The summed E-state index contributed by atoms with van der Waals surface area (Å²) in [6.07, 6.45) is 3.44. The highest BCUT2D eigenvalue weighted by Crippen LogP contribution is 2.28. The van der Waals surface area contributed by atoms with E-state index in [9.17, 15) is 4.79 Å². The molecule has 4 aromatic rings. The second-order valence-electron chi connectivity index (χ2n) is 5.81. The molecule has 0 saturated carbocycles. The van der Waals surface area contributed by atoms with Crippen LogP contribution in [0.2, 0.25) is 0 Å². The molecular weight excluding hydrogens is 310 g/mol. The quantitative estimate of drug-likeness (QED) is 0.487. The van der Waals surface area contributed by atoms with Crippen molar-refractivity contribution in [3.63, 3.8) is 0 Å². The molecule has 0 bridgehead atoms. The molecule has 0 aliphatic carbocycles. The van der Waals surface area contributed by atoms with E-state index in [1.165, 1.54) is 0 Å². The lowest BCUT2D eigenvalue weighted by Gasteiger charge is -2.02. The Morgan fingerprint density at radius 1 is 0.840 bits per heavy atom. The predicted molar refractivity (Wildman–Crippen MR) is 102 cm³/mol. The van der Waals surface area contributed by atoms with Crippen LogP contribution in [0.1, 0.15) is 10.4 Å². The summed E-state index contributed by atoms with van der Waals surface area (Å²) in [4.78, 5) is 12.9. The molecule has 1 heterocycles. The summed E-state index contributed by atoms with van der Waals surface area (Å²) in [5.74, 6) is 0.735. The van der Waals surface area contributed by atoms with Gasteiger partial charge in [0.05, 0.1) is 18.1 Å². The van der Waals surface area contributed by atoms with Gasteiger partial charge in [0.15, 0.2) is 0 Å². The molecular formula is C22H17NO2. The van der Waals surface area contributed by atoms with Crippen LogP contribution >= 0.6 is 0 Å². The number of nitrogens with zero attached hydrogens (tertiary/aromatic N) is 1. The van der Waals surface area contributed by atoms with Crippen LogP contribution in [0.5, 0.6) is 5.75 Å². The first-order chi connectivity index (χ1) is 12.3. The molecule has 0 unspecified atom stereocenters. The number of hydrogen-bond donors (Lipinski definition) is 0. The van der Waals surface area contributed by atoms with Gasteiger partial charge in [0.2, 0.25) is 0 Å². The minimum Gasteiger partial charge on any atom is -0.497 e. The minimum absolute atomic E-state index is 0.0618. The van der Waals surface area contributed by atoms with Gasteiger partial charge in [0.1, 0.15) is 5.75 Å². The van der Waals surface area contributed by atoms with E-state index in [-0.39, 0.29) is 5.91 Å². The number of benzene rings is 3. The van der Waals surface area contributed by atoms with Gasteiger partial charge in [0, 0.05) is 16.8 Å². The van der Waals surface area contributed by atoms with E-state index in [1.807, 2.05) is 66.7 Å². The van der Waals surface area contributed by atoms with Gasteiger partial charge in [-0.2, -0.15) is 0 Å². The fourth-order valence-electron chi connectivity index (χ4n) is 3.12. The summed E-state index contributed by atoms with van der Waals surface area (Å²) < 4.78 is 6.92. The van der Waals surface area contributed by atoms with Crippen LogP contribution < -0.4 is 4.74 Å². The Kier molecular flexibility index (Phi) is 3.82. The van der Waals surface area contributed by atoms with Crippen molar-refractivity contribution < 1.29 is 9.53 Å². The fourth-order valence-corrected chi connectivity index (χ4v) is 3.12. The van der Waals surface area contributed by atoms with Crippen molar-refractivity contribution >= 4 is 33.8 Å². The topological polar surface area (TPSA) is 31.2 Å². The fraction of sp³-hybridized carbons (Fsp3) is 0.0455. The van der Waals surface area contributed by atoms with Crippen molar-refractivity contribution in [3.8, 4) is 5.75 Å². The Balaban J connectivity index is 1.77. The van der Waals surface area contributed by atoms with Crippen molar-refractivity contribution in [1.82, 2.24) is 4.57 Å². The highest BCUT2D eigenvalue weighted by atomic mass is 16.5. The average molecular weight is 327 g/mol. The molecule has 0 spiro atoms. The normalized spacial score (nSPS) is 11.4. The third kappa shape index (κ3) is 2.70. The van der Waals surface area contributed by atoms with Crippen LogP contribution in [0, 0.1) is 0 Å². The summed E-state index contributed by atoms with van der Waals surface area (Å²) >= 11 is 0. The molecule has 122 valence electrons. The van der Waals surface area contributed by atoms with Gasteiger partial charge in [0.25, 0.3) is 5.91 Å². The molecule has 0 amide bonds. The Morgan fingerprint density at radius 3 is 1.96 bits per heavy atom. The lowest BCUT2D eigenvalue weighted by molar-refractivity contribution is 0.0979. The van der Waals surface area contributed by atoms with Crippen molar-refractivity contribution in [2.75, 3.05) is 7.11 Å². The third-order valence-corrected chi connectivity index (χ3v) is 4.33. The summed E-state index contributed by atoms with van der Waals surface area (Å²) in [7, 11) is 1.64. The molecule has 0 N–H and O–H groups in total. The van der Waals surface area contributed by atoms with Crippen LogP contribution in [0.4, 0.5) is 0 Å². The van der Waals surface area contributed by atoms with E-state index >= 15 is 0 Å². The lowest BCUT2D eigenvalue weighted by Crippen LogP contribution is -2.06. The number of aromatic nitrogens is 1. The monoisotopic (exact) mass is 327 g/mol. The maximum absolute atomic E-state index is 12.9. The number of rotatable bonds is 3. The lowest BCUT2D eigenvalue weighted by atomic mass is 10.2. The van der Waals surface area contributed by atoms with Crippen LogP contribution in [0.25, 0.3) is 27.9 Å². The number of hydrogen-bond acceptors (Lipinski definition) is 2. The first kappa shape index (κ1) is 15.2. The van der Waals surface area contributed by atoms with Gasteiger partial charge in [-0.25, -0.2) is 0 Å². The van der Waals surface area contributed by atoms with Crippen LogP contribution in [0.3, 0.4) is 0 Å². The predicted octanol–water partition coefficient (Wildman–Crippen LogP) is 5.16. The highest BCUT2D eigenvalue weighted by molar-refractivity contribution is 6.15. The Morgan fingerprint density at radius 2 is 1.40 bits per heavy atom. The molecule has 0 fully saturated rings. The zero-order chi connectivity index (χ0) is 17.2. The standard InChI is InChI=1S/C22H17NO2/c1-25-17-13-10-16(11-14-17)12-15-22(24)23-20-8-4-2-6-18(20)19-7-3-5-9-21(19)23/h2-15H,1H3. The number of methoxy groups -OCH3 is 1. The smallest absolute Gasteiger partial charge is 0.255 e. The van der Waals surface area contributed by atoms with Gasteiger partial charge in [-0.15, -0.1) is 0 Å². The minimum atomic E-state index is -0.0618. The SMILES string of the molecule is COc1ccc(C=CC(=O)n2c3ccccc3c3ccccc32)cc1. The van der Waals surface area contributed by atoms with E-state index in [1.54, 1.807) is 17.8 Å². The summed E-state index contributed by atoms with van der Waals surface area (Å²) in [6, 6.07) is 23.6. The van der Waals surface area contributed by atoms with Crippen molar-refractivity contribution in [2.45, 2.75) is 0 Å². The number of fused-ring (bicyclic) bond motifs is 3. The molecule has 0 saturated heterocycles. The molecule has 25 heavy (non-hydrogen) atoms. The van der Waals surface area contributed by atoms with Crippen LogP contribution in [0.15, 0.2) is 78.9 Å². The first-order valence-electron chi connectivity index (χ1n) is 8.12. The molecule has 3 nitrogen and oxygen atoms in total. The third-order valence-electron chi connectivity index (χ3n) is 4.33. The molecule has 0 atom stereocenters. The maximum atomic E-state index is 12.9. The second-order valence-corrected chi connectivity index (χ2v) is 5.81. The van der Waals surface area contributed by atoms with E-state index in [0.29, 0.717) is 0 Å². The zero-order valence-electron chi connectivity index (χ0n) is 13.8. The van der Waals surface area contributed by atoms with Gasteiger partial charge in [-0.05, 0) is 35.9 Å². The molecule has 1 aromatic heterocycles. The van der Waals surface area contributed by atoms with E-state index in [4.69, 9.17) is 4.74 Å². The largest absolute Gasteiger partial charge is 0.497 e. The number of ether oxygens (including phenoxy) is 1. The Bertz CT molecular complexity index is 1030. The molecule has 0 aliphatic rings. The summed E-state index contributed by atoms with van der Waals surface area (Å²) in [5.41, 5.74) is 2.80. The molecule has 4 rings (SSSR count). The van der Waals surface area contributed by atoms with Crippen LogP contribution in [-0.4, -0.2) is 17.6 Å². The molecule has 3 aromatic carbocycles. The van der Waals surface area contributed by atoms with Crippen LogP contribution in [-0.2, 0) is 0 Å². The van der Waals surface area contributed by atoms with Crippen molar-refractivity contribution in [2.24, 2.45) is 0 Å². The number of carbonyl (C=O) groups excluding carboxylic acids is 1. The van der Waals surface area contributed by atoms with Crippen molar-refractivity contribution in [3.05, 3.63) is 84.4 Å². The van der Waals surface area contributed by atoms with E-state index in [0.717, 1.165) is 33.1 Å². The van der Waals surface area contributed by atoms with E-state index < -0.39 is 0 Å². The zero-order valence-corrected chi connectivity index (χ0v) is 13.8. The Hall–Kier alpha value is -3.33. The first-order valence-corrected chi connectivity index (χ1v) is 8.12. The van der Waals surface area contributed by atoms with E-state index in [2.05, 4.69) is 12.1 Å².